The Labute approximate surface area is 99.8 Å². The number of thioether (sulfide) groups is 1. The van der Waals surface area contributed by atoms with E-state index in [0.717, 1.165) is 34.3 Å². The monoisotopic (exact) mass is 233 g/mol. The maximum absolute atomic E-state index is 4.56. The molecule has 1 fully saturated rings. The van der Waals surface area contributed by atoms with Crippen LogP contribution in [0.2, 0.25) is 0 Å². The normalized spacial score (nSPS) is 24.3. The van der Waals surface area contributed by atoms with Crippen molar-refractivity contribution in [2.45, 2.75) is 25.0 Å². The van der Waals surface area contributed by atoms with Crippen molar-refractivity contribution in [3.63, 3.8) is 0 Å². The molecule has 1 unspecified atom stereocenters. The number of anilines is 1. The zero-order valence-corrected chi connectivity index (χ0v) is 10.1. The van der Waals surface area contributed by atoms with Crippen molar-refractivity contribution in [3.8, 4) is 0 Å². The molecule has 3 rings (SSSR count). The van der Waals surface area contributed by atoms with Gasteiger partial charge in [-0.1, -0.05) is 11.8 Å². The minimum absolute atomic E-state index is 0.722. The Bertz CT molecular complexity index is 426. The molecule has 1 aliphatic carbocycles. The van der Waals surface area contributed by atoms with Gasteiger partial charge in [-0.15, -0.1) is 0 Å². The van der Waals surface area contributed by atoms with Crippen LogP contribution >= 0.6 is 11.8 Å². The molecule has 1 saturated carbocycles. The van der Waals surface area contributed by atoms with E-state index in [-0.39, 0.29) is 0 Å². The molecule has 4 heteroatoms. The van der Waals surface area contributed by atoms with Crippen LogP contribution in [0.3, 0.4) is 0 Å². The lowest BCUT2D eigenvalue weighted by molar-refractivity contribution is 0.773. The van der Waals surface area contributed by atoms with Gasteiger partial charge < -0.3 is 5.32 Å². The van der Waals surface area contributed by atoms with E-state index < -0.39 is 0 Å². The van der Waals surface area contributed by atoms with Crippen LogP contribution in [-0.2, 0) is 0 Å². The fourth-order valence-electron chi connectivity index (χ4n) is 1.90. The molecular weight excluding hydrogens is 218 g/mol. The molecule has 2 heterocycles. The third-order valence-corrected chi connectivity index (χ3v) is 4.37. The first-order chi connectivity index (χ1) is 7.83. The van der Waals surface area contributed by atoms with E-state index in [2.05, 4.69) is 21.4 Å². The van der Waals surface area contributed by atoms with Crippen molar-refractivity contribution in [2.24, 2.45) is 10.9 Å². The summed E-state index contributed by atoms with van der Waals surface area (Å²) in [5, 5.41) is 5.16. The Morgan fingerprint density at radius 3 is 3.06 bits per heavy atom. The van der Waals surface area contributed by atoms with Crippen LogP contribution in [0.5, 0.6) is 0 Å². The summed E-state index contributed by atoms with van der Waals surface area (Å²) in [4.78, 5) is 8.82. The number of amidine groups is 1. The maximum Gasteiger partial charge on any atom is 0.161 e. The Morgan fingerprint density at radius 1 is 1.44 bits per heavy atom. The van der Waals surface area contributed by atoms with Gasteiger partial charge >= 0.3 is 0 Å². The van der Waals surface area contributed by atoms with Crippen molar-refractivity contribution in [3.05, 3.63) is 24.0 Å². The molecule has 1 aromatic rings. The van der Waals surface area contributed by atoms with E-state index in [4.69, 9.17) is 0 Å². The molecular formula is C12H15N3S. The summed E-state index contributed by atoms with van der Waals surface area (Å²) in [6.45, 7) is 3.00. The topological polar surface area (TPSA) is 37.3 Å². The average Bonchev–Trinajstić information content (AvgIpc) is 3.03. The molecule has 84 valence electrons. The number of hydrogen-bond acceptors (Lipinski definition) is 4. The van der Waals surface area contributed by atoms with Crippen molar-refractivity contribution in [2.75, 3.05) is 11.9 Å². The molecule has 1 atom stereocenters. The van der Waals surface area contributed by atoms with E-state index >= 15 is 0 Å². The quantitative estimate of drug-likeness (QED) is 0.853. The lowest BCUT2D eigenvalue weighted by atomic mass is 10.3. The molecule has 0 spiro atoms. The Kier molecular flexibility index (Phi) is 2.59. The molecule has 0 aromatic carbocycles. The lowest BCUT2D eigenvalue weighted by Gasteiger charge is -2.09. The van der Waals surface area contributed by atoms with Crippen molar-refractivity contribution < 1.29 is 0 Å². The number of nitrogens with one attached hydrogen (secondary N) is 1. The Hall–Kier alpha value is -1.03. The van der Waals surface area contributed by atoms with Gasteiger partial charge in [0.2, 0.25) is 0 Å². The fourth-order valence-corrected chi connectivity index (χ4v) is 3.12. The molecule has 0 radical (unpaired) electrons. The summed E-state index contributed by atoms with van der Waals surface area (Å²) in [5.41, 5.74) is 2.10. The van der Waals surface area contributed by atoms with Crippen LogP contribution < -0.4 is 5.32 Å². The SMILES string of the molecule is Cc1ncccc1NC1=NCC(C2CC2)S1. The van der Waals surface area contributed by atoms with Crippen LogP contribution in [0.1, 0.15) is 18.5 Å². The van der Waals surface area contributed by atoms with Crippen molar-refractivity contribution in [1.29, 1.82) is 0 Å². The highest BCUT2D eigenvalue weighted by Gasteiger charge is 2.35. The molecule has 0 saturated heterocycles. The Balaban J connectivity index is 1.65. The van der Waals surface area contributed by atoms with Gasteiger partial charge in [0, 0.05) is 11.4 Å². The third kappa shape index (κ3) is 2.07. The van der Waals surface area contributed by atoms with Gasteiger partial charge in [0.1, 0.15) is 0 Å². The van der Waals surface area contributed by atoms with Gasteiger partial charge in [-0.25, -0.2) is 0 Å². The van der Waals surface area contributed by atoms with Crippen LogP contribution in [-0.4, -0.2) is 21.9 Å². The zero-order chi connectivity index (χ0) is 11.0. The molecule has 0 amide bonds. The van der Waals surface area contributed by atoms with E-state index in [1.165, 1.54) is 12.8 Å². The molecule has 2 aliphatic rings. The van der Waals surface area contributed by atoms with Gasteiger partial charge in [-0.05, 0) is 37.8 Å². The van der Waals surface area contributed by atoms with Crippen LogP contribution in [0, 0.1) is 12.8 Å². The van der Waals surface area contributed by atoms with E-state index in [0.29, 0.717) is 0 Å². The lowest BCUT2D eigenvalue weighted by Crippen LogP contribution is -2.09. The second kappa shape index (κ2) is 4.09. The van der Waals surface area contributed by atoms with E-state index in [1.807, 2.05) is 30.9 Å². The number of hydrogen-bond donors (Lipinski definition) is 1. The predicted octanol–water partition coefficient (Wildman–Crippen LogP) is 2.68. The number of rotatable bonds is 2. The molecule has 1 N–H and O–H groups in total. The number of aliphatic imine (C=N–C) groups is 1. The smallest absolute Gasteiger partial charge is 0.161 e. The van der Waals surface area contributed by atoms with Gasteiger partial charge in [-0.3, -0.25) is 9.98 Å². The van der Waals surface area contributed by atoms with E-state index in [1.54, 1.807) is 0 Å². The molecule has 16 heavy (non-hydrogen) atoms. The van der Waals surface area contributed by atoms with Gasteiger partial charge in [0.25, 0.3) is 0 Å². The predicted molar refractivity (Wildman–Crippen MR) is 69.0 cm³/mol. The minimum atomic E-state index is 0.722. The molecule has 1 aromatic heterocycles. The summed E-state index contributed by atoms with van der Waals surface area (Å²) in [6.07, 6.45) is 4.61. The zero-order valence-electron chi connectivity index (χ0n) is 9.31. The number of aryl methyl sites for hydroxylation is 1. The first-order valence-corrected chi connectivity index (χ1v) is 6.60. The van der Waals surface area contributed by atoms with Crippen LogP contribution in [0.25, 0.3) is 0 Å². The summed E-state index contributed by atoms with van der Waals surface area (Å²) in [5.74, 6) is 0.919. The van der Waals surface area contributed by atoms with Crippen molar-refractivity contribution >= 4 is 22.6 Å². The molecule has 0 bridgehead atoms. The fraction of sp³-hybridized carbons (Fsp3) is 0.500. The highest BCUT2D eigenvalue weighted by molar-refractivity contribution is 8.15. The van der Waals surface area contributed by atoms with Crippen LogP contribution in [0.4, 0.5) is 5.69 Å². The summed E-state index contributed by atoms with van der Waals surface area (Å²) < 4.78 is 0. The summed E-state index contributed by atoms with van der Waals surface area (Å²) in [7, 11) is 0. The van der Waals surface area contributed by atoms with Gasteiger partial charge in [0.15, 0.2) is 5.17 Å². The third-order valence-electron chi connectivity index (χ3n) is 3.07. The number of pyridine rings is 1. The van der Waals surface area contributed by atoms with Gasteiger partial charge in [0.05, 0.1) is 17.9 Å². The van der Waals surface area contributed by atoms with Crippen LogP contribution in [0.15, 0.2) is 23.3 Å². The van der Waals surface area contributed by atoms with Gasteiger partial charge in [-0.2, -0.15) is 0 Å². The largest absolute Gasteiger partial charge is 0.333 e. The number of aromatic nitrogens is 1. The Morgan fingerprint density at radius 2 is 2.31 bits per heavy atom. The van der Waals surface area contributed by atoms with Crippen molar-refractivity contribution in [1.82, 2.24) is 4.98 Å². The standard InChI is InChI=1S/C12H15N3S/c1-8-10(3-2-6-13-8)15-12-14-7-11(16-12)9-4-5-9/h2-3,6,9,11H,4-5,7H2,1H3,(H,14,15). The molecule has 3 nitrogen and oxygen atoms in total. The minimum Gasteiger partial charge on any atom is -0.333 e. The summed E-state index contributed by atoms with van der Waals surface area (Å²) in [6, 6.07) is 4.00. The van der Waals surface area contributed by atoms with E-state index in [9.17, 15) is 0 Å². The highest BCUT2D eigenvalue weighted by Crippen LogP contribution is 2.41. The second-order valence-corrected chi connectivity index (χ2v) is 5.63. The number of nitrogens with zero attached hydrogens (tertiary/aromatic N) is 2. The summed E-state index contributed by atoms with van der Waals surface area (Å²) >= 11 is 1.90. The first kappa shape index (κ1) is 10.1. The maximum atomic E-state index is 4.56. The molecule has 1 aliphatic heterocycles. The second-order valence-electron chi connectivity index (χ2n) is 4.40. The first-order valence-electron chi connectivity index (χ1n) is 5.72. The highest BCUT2D eigenvalue weighted by atomic mass is 32.2. The average molecular weight is 233 g/mol.